The van der Waals surface area contributed by atoms with Crippen LogP contribution in [0.25, 0.3) is 16.3 Å². The van der Waals surface area contributed by atoms with Crippen LogP contribution in [0.15, 0.2) is 66.3 Å². The smallest absolute Gasteiger partial charge is 0.146 e. The van der Waals surface area contributed by atoms with Crippen LogP contribution in [0.1, 0.15) is 41.5 Å². The molecule has 2 aliphatic rings. The fourth-order valence-electron chi connectivity index (χ4n) is 4.64. The van der Waals surface area contributed by atoms with Gasteiger partial charge in [0.05, 0.1) is 5.69 Å². The van der Waals surface area contributed by atoms with Gasteiger partial charge in [-0.3, -0.25) is 0 Å². The van der Waals surface area contributed by atoms with Crippen LogP contribution >= 0.6 is 0 Å². The molecular formula is C25H22FN. The molecule has 134 valence electrons. The second kappa shape index (κ2) is 6.38. The van der Waals surface area contributed by atoms with Crippen molar-refractivity contribution in [3.8, 4) is 0 Å². The maximum absolute atomic E-state index is 13.5. The lowest BCUT2D eigenvalue weighted by Gasteiger charge is -2.26. The van der Waals surface area contributed by atoms with Crippen molar-refractivity contribution in [2.75, 3.05) is 5.73 Å². The van der Waals surface area contributed by atoms with Crippen molar-refractivity contribution in [2.45, 2.75) is 32.1 Å². The zero-order valence-electron chi connectivity index (χ0n) is 15.3. The predicted octanol–water partition coefficient (Wildman–Crippen LogP) is 6.20. The molecule has 2 N–H and O–H groups in total. The van der Waals surface area contributed by atoms with E-state index in [4.69, 9.17) is 5.73 Å². The SMILES string of the molecule is Nc1cc(Cc2cccc3ccc4c(c23)CCC2=C4C=CCC2)ccc1F. The molecule has 0 amide bonds. The van der Waals surface area contributed by atoms with Gasteiger partial charge in [-0.15, -0.1) is 0 Å². The van der Waals surface area contributed by atoms with Crippen LogP contribution in [0.5, 0.6) is 0 Å². The van der Waals surface area contributed by atoms with Crippen LogP contribution in [0.4, 0.5) is 10.1 Å². The number of nitrogens with two attached hydrogens (primary N) is 1. The van der Waals surface area contributed by atoms with Gasteiger partial charge in [0.15, 0.2) is 0 Å². The number of benzene rings is 3. The van der Waals surface area contributed by atoms with E-state index in [1.165, 1.54) is 51.9 Å². The summed E-state index contributed by atoms with van der Waals surface area (Å²) in [6, 6.07) is 16.1. The summed E-state index contributed by atoms with van der Waals surface area (Å²) in [7, 11) is 0. The first-order valence-corrected chi connectivity index (χ1v) is 9.67. The van der Waals surface area contributed by atoms with Crippen molar-refractivity contribution < 1.29 is 4.39 Å². The normalized spacial score (nSPS) is 15.7. The van der Waals surface area contributed by atoms with Gasteiger partial charge in [-0.25, -0.2) is 4.39 Å². The first-order valence-electron chi connectivity index (χ1n) is 9.67. The van der Waals surface area contributed by atoms with E-state index in [0.717, 1.165) is 24.8 Å². The summed E-state index contributed by atoms with van der Waals surface area (Å²) < 4.78 is 13.5. The van der Waals surface area contributed by atoms with Gasteiger partial charge in [0.25, 0.3) is 0 Å². The van der Waals surface area contributed by atoms with Crippen molar-refractivity contribution in [1.82, 2.24) is 0 Å². The molecule has 27 heavy (non-hydrogen) atoms. The molecule has 0 radical (unpaired) electrons. The van der Waals surface area contributed by atoms with E-state index in [9.17, 15) is 4.39 Å². The van der Waals surface area contributed by atoms with E-state index in [0.29, 0.717) is 0 Å². The van der Waals surface area contributed by atoms with Crippen molar-refractivity contribution in [1.29, 1.82) is 0 Å². The number of allylic oxidation sites excluding steroid dienone is 4. The summed E-state index contributed by atoms with van der Waals surface area (Å²) in [5.41, 5.74) is 14.2. The third kappa shape index (κ3) is 2.76. The topological polar surface area (TPSA) is 26.0 Å². The minimum absolute atomic E-state index is 0.219. The molecule has 0 heterocycles. The highest BCUT2D eigenvalue weighted by Crippen LogP contribution is 2.41. The molecule has 2 aliphatic carbocycles. The van der Waals surface area contributed by atoms with E-state index in [2.05, 4.69) is 42.5 Å². The molecule has 0 aromatic heterocycles. The third-order valence-electron chi connectivity index (χ3n) is 5.94. The number of halogens is 1. The van der Waals surface area contributed by atoms with Crippen molar-refractivity contribution in [3.63, 3.8) is 0 Å². The fraction of sp³-hybridized carbons (Fsp3) is 0.200. The average molecular weight is 355 g/mol. The Balaban J connectivity index is 1.67. The summed E-state index contributed by atoms with van der Waals surface area (Å²) in [6.07, 6.45) is 9.99. The molecule has 5 rings (SSSR count). The van der Waals surface area contributed by atoms with Gasteiger partial charge < -0.3 is 5.73 Å². The van der Waals surface area contributed by atoms with Gasteiger partial charge in [-0.05, 0) is 82.8 Å². The number of rotatable bonds is 2. The Kier molecular flexibility index (Phi) is 3.86. The van der Waals surface area contributed by atoms with E-state index in [1.54, 1.807) is 11.6 Å². The van der Waals surface area contributed by atoms with E-state index < -0.39 is 0 Å². The Morgan fingerprint density at radius 3 is 2.78 bits per heavy atom. The van der Waals surface area contributed by atoms with Crippen LogP contribution in [0.3, 0.4) is 0 Å². The molecule has 0 aliphatic heterocycles. The molecule has 3 aromatic rings. The van der Waals surface area contributed by atoms with Crippen molar-refractivity contribution >= 4 is 22.0 Å². The molecule has 1 nitrogen and oxygen atoms in total. The van der Waals surface area contributed by atoms with Gasteiger partial charge in [0.1, 0.15) is 5.82 Å². The molecule has 0 spiro atoms. The van der Waals surface area contributed by atoms with Crippen LogP contribution < -0.4 is 5.73 Å². The molecule has 0 fully saturated rings. The molecule has 0 bridgehead atoms. The lowest BCUT2D eigenvalue weighted by molar-refractivity contribution is 0.632. The minimum atomic E-state index is -0.349. The van der Waals surface area contributed by atoms with Gasteiger partial charge in [0.2, 0.25) is 0 Å². The largest absolute Gasteiger partial charge is 0.396 e. The van der Waals surface area contributed by atoms with Gasteiger partial charge >= 0.3 is 0 Å². The van der Waals surface area contributed by atoms with E-state index in [-0.39, 0.29) is 11.5 Å². The molecule has 3 aromatic carbocycles. The zero-order valence-corrected chi connectivity index (χ0v) is 15.3. The number of nitrogen functional groups attached to an aromatic ring is 1. The fourth-order valence-corrected chi connectivity index (χ4v) is 4.64. The zero-order chi connectivity index (χ0) is 18.4. The average Bonchev–Trinajstić information content (AvgIpc) is 2.70. The van der Waals surface area contributed by atoms with Crippen LogP contribution in [-0.2, 0) is 12.8 Å². The highest BCUT2D eigenvalue weighted by atomic mass is 19.1. The summed E-state index contributed by atoms with van der Waals surface area (Å²) in [5, 5.41) is 2.65. The number of hydrogen-bond acceptors (Lipinski definition) is 1. The number of hydrogen-bond donors (Lipinski definition) is 1. The molecule has 0 atom stereocenters. The molecule has 2 heteroatoms. The van der Waals surface area contributed by atoms with Gasteiger partial charge in [-0.2, -0.15) is 0 Å². The second-order valence-corrected chi connectivity index (χ2v) is 7.60. The first-order chi connectivity index (χ1) is 13.2. The van der Waals surface area contributed by atoms with Crippen LogP contribution in [0.2, 0.25) is 0 Å². The quantitative estimate of drug-likeness (QED) is 0.544. The maximum Gasteiger partial charge on any atom is 0.146 e. The second-order valence-electron chi connectivity index (χ2n) is 7.60. The standard InChI is InChI=1S/C25H22FN/c26-23-13-8-16(15-24(23)27)14-19-6-3-5-18-10-11-21-20-7-2-1-4-17(20)9-12-22(21)25(18)19/h2-3,5-8,10-11,13,15H,1,4,9,12,14,27H2. The summed E-state index contributed by atoms with van der Waals surface area (Å²) in [5.74, 6) is -0.349. The van der Waals surface area contributed by atoms with E-state index in [1.807, 2.05) is 6.07 Å². The third-order valence-corrected chi connectivity index (χ3v) is 5.94. The molecular weight excluding hydrogens is 333 g/mol. The van der Waals surface area contributed by atoms with E-state index >= 15 is 0 Å². The minimum Gasteiger partial charge on any atom is -0.396 e. The predicted molar refractivity (Wildman–Crippen MR) is 111 cm³/mol. The van der Waals surface area contributed by atoms with Crippen LogP contribution in [-0.4, -0.2) is 0 Å². The Labute approximate surface area is 159 Å². The molecule has 0 saturated carbocycles. The lowest BCUT2D eigenvalue weighted by atomic mass is 9.78. The van der Waals surface area contributed by atoms with Gasteiger partial charge in [-0.1, -0.05) is 54.1 Å². The van der Waals surface area contributed by atoms with Crippen LogP contribution in [0, 0.1) is 5.82 Å². The summed E-state index contributed by atoms with van der Waals surface area (Å²) in [4.78, 5) is 0. The number of fused-ring (bicyclic) bond motifs is 4. The number of anilines is 1. The lowest BCUT2D eigenvalue weighted by Crippen LogP contribution is -2.08. The Morgan fingerprint density at radius 2 is 1.89 bits per heavy atom. The maximum atomic E-state index is 13.5. The van der Waals surface area contributed by atoms with Crippen molar-refractivity contribution in [3.05, 3.63) is 94.3 Å². The Hall–Kier alpha value is -2.87. The van der Waals surface area contributed by atoms with Gasteiger partial charge in [0, 0.05) is 0 Å². The molecule has 0 unspecified atom stereocenters. The van der Waals surface area contributed by atoms with Crippen molar-refractivity contribution in [2.24, 2.45) is 0 Å². The first kappa shape index (κ1) is 16.3. The molecule has 0 saturated heterocycles. The highest BCUT2D eigenvalue weighted by molar-refractivity contribution is 5.96. The Morgan fingerprint density at radius 1 is 0.963 bits per heavy atom. The summed E-state index contributed by atoms with van der Waals surface area (Å²) in [6.45, 7) is 0. The number of aryl methyl sites for hydroxylation is 1. The summed E-state index contributed by atoms with van der Waals surface area (Å²) >= 11 is 0. The highest BCUT2D eigenvalue weighted by Gasteiger charge is 2.21. The monoisotopic (exact) mass is 355 g/mol. The Bertz CT molecular complexity index is 1120.